The predicted octanol–water partition coefficient (Wildman–Crippen LogP) is 2.60. The Morgan fingerprint density at radius 3 is 2.64 bits per heavy atom. The molecule has 2 nitrogen and oxygen atoms in total. The Labute approximate surface area is 67.9 Å². The summed E-state index contributed by atoms with van der Waals surface area (Å²) in [5.74, 6) is -0.753. The van der Waals surface area contributed by atoms with Gasteiger partial charge in [0, 0.05) is 0 Å². The van der Waals surface area contributed by atoms with E-state index in [9.17, 15) is 4.79 Å². The second-order valence-electron chi connectivity index (χ2n) is 2.57. The quantitative estimate of drug-likeness (QED) is 0.474. The van der Waals surface area contributed by atoms with E-state index < -0.39 is 5.97 Å². The molecule has 0 aliphatic rings. The van der Waals surface area contributed by atoms with Crippen molar-refractivity contribution in [2.45, 2.75) is 39.0 Å². The molecule has 0 saturated carbocycles. The van der Waals surface area contributed by atoms with E-state index >= 15 is 0 Å². The monoisotopic (exact) mass is 156 g/mol. The maximum absolute atomic E-state index is 10.0. The predicted molar refractivity (Wildman–Crippen MR) is 45.5 cm³/mol. The first-order chi connectivity index (χ1) is 5.27. The Morgan fingerprint density at radius 1 is 1.36 bits per heavy atom. The Bertz CT molecular complexity index is 128. The minimum Gasteiger partial charge on any atom is -0.481 e. The number of carboxylic acids is 1. The van der Waals surface area contributed by atoms with Gasteiger partial charge in [0.1, 0.15) is 0 Å². The van der Waals surface area contributed by atoms with Crippen LogP contribution in [0.1, 0.15) is 39.0 Å². The number of carbonyl (C=O) groups is 1. The summed E-state index contributed by atoms with van der Waals surface area (Å²) in [6.45, 7) is 2.15. The molecule has 0 atom stereocenters. The van der Waals surface area contributed by atoms with Crippen LogP contribution in [0.3, 0.4) is 0 Å². The summed E-state index contributed by atoms with van der Waals surface area (Å²) < 4.78 is 0. The number of aliphatic carboxylic acids is 1. The molecule has 0 aromatic rings. The molecule has 0 amide bonds. The topological polar surface area (TPSA) is 37.3 Å². The van der Waals surface area contributed by atoms with Crippen molar-refractivity contribution in [3.63, 3.8) is 0 Å². The summed E-state index contributed by atoms with van der Waals surface area (Å²) in [6.07, 6.45) is 8.46. The number of hydrogen-bond donors (Lipinski definition) is 1. The smallest absolute Gasteiger partial charge is 0.307 e. The van der Waals surface area contributed by atoms with E-state index in [4.69, 9.17) is 5.11 Å². The molecule has 0 unspecified atom stereocenters. The van der Waals surface area contributed by atoms with Crippen LogP contribution in [-0.4, -0.2) is 11.1 Å². The van der Waals surface area contributed by atoms with Crippen LogP contribution in [0.15, 0.2) is 12.2 Å². The molecule has 0 fully saturated rings. The van der Waals surface area contributed by atoms with Crippen molar-refractivity contribution in [2.75, 3.05) is 0 Å². The van der Waals surface area contributed by atoms with Crippen LogP contribution in [0.2, 0.25) is 0 Å². The van der Waals surface area contributed by atoms with Crippen LogP contribution in [-0.2, 0) is 4.79 Å². The van der Waals surface area contributed by atoms with Gasteiger partial charge in [0.2, 0.25) is 0 Å². The summed E-state index contributed by atoms with van der Waals surface area (Å²) >= 11 is 0. The molecule has 0 heterocycles. The highest BCUT2D eigenvalue weighted by molar-refractivity contribution is 5.68. The van der Waals surface area contributed by atoms with Gasteiger partial charge in [-0.25, -0.2) is 0 Å². The molecule has 0 bridgehead atoms. The van der Waals surface area contributed by atoms with Gasteiger partial charge >= 0.3 is 5.97 Å². The maximum Gasteiger partial charge on any atom is 0.307 e. The molecule has 0 aromatic carbocycles. The minimum absolute atomic E-state index is 0.159. The molecule has 0 aromatic heterocycles. The van der Waals surface area contributed by atoms with E-state index in [0.717, 1.165) is 6.42 Å². The van der Waals surface area contributed by atoms with Crippen LogP contribution in [0.4, 0.5) is 0 Å². The first kappa shape index (κ1) is 10.2. The molecule has 0 radical (unpaired) electrons. The van der Waals surface area contributed by atoms with E-state index in [2.05, 4.69) is 6.92 Å². The average Bonchev–Trinajstić information content (AvgIpc) is 1.96. The van der Waals surface area contributed by atoms with Gasteiger partial charge in [-0.15, -0.1) is 0 Å². The molecule has 0 aliphatic heterocycles. The van der Waals surface area contributed by atoms with Gasteiger partial charge in [-0.05, 0) is 12.8 Å². The second-order valence-corrected chi connectivity index (χ2v) is 2.57. The molecule has 11 heavy (non-hydrogen) atoms. The lowest BCUT2D eigenvalue weighted by Crippen LogP contribution is -1.89. The second kappa shape index (κ2) is 7.32. The Kier molecular flexibility index (Phi) is 6.79. The number of carboxylic acid groups (broad SMARTS) is 1. The molecule has 0 aliphatic carbocycles. The van der Waals surface area contributed by atoms with Gasteiger partial charge in [-0.2, -0.15) is 0 Å². The summed E-state index contributed by atoms with van der Waals surface area (Å²) in [4.78, 5) is 10.0. The van der Waals surface area contributed by atoms with Crippen molar-refractivity contribution in [1.29, 1.82) is 0 Å². The fraction of sp³-hybridized carbons (Fsp3) is 0.667. The van der Waals surface area contributed by atoms with Crippen molar-refractivity contribution >= 4 is 5.97 Å². The zero-order chi connectivity index (χ0) is 8.53. The molecule has 1 N–H and O–H groups in total. The largest absolute Gasteiger partial charge is 0.481 e. The van der Waals surface area contributed by atoms with Crippen LogP contribution in [0.5, 0.6) is 0 Å². The number of unbranched alkanes of at least 4 members (excludes halogenated alkanes) is 3. The standard InChI is InChI=1S/C9H16O2/c1-2-3-4-5-6-7-8-9(10)11/h6-7H,2-5,8H2,1H3,(H,10,11)/b7-6-. The number of allylic oxidation sites excluding steroid dienone is 1. The van der Waals surface area contributed by atoms with Crippen molar-refractivity contribution < 1.29 is 9.90 Å². The van der Waals surface area contributed by atoms with Gasteiger partial charge in [0.15, 0.2) is 0 Å². The fourth-order valence-electron chi connectivity index (χ4n) is 0.814. The molecular formula is C9H16O2. The third kappa shape index (κ3) is 9.21. The zero-order valence-electron chi connectivity index (χ0n) is 7.05. The summed E-state index contributed by atoms with van der Waals surface area (Å²) in [5.41, 5.74) is 0. The molecule has 64 valence electrons. The van der Waals surface area contributed by atoms with Gasteiger partial charge in [0.05, 0.1) is 6.42 Å². The summed E-state index contributed by atoms with van der Waals surface area (Å²) in [7, 11) is 0. The Hall–Kier alpha value is -0.790. The molecule has 2 heteroatoms. The average molecular weight is 156 g/mol. The molecule has 0 rings (SSSR count). The van der Waals surface area contributed by atoms with E-state index in [1.54, 1.807) is 6.08 Å². The summed E-state index contributed by atoms with van der Waals surface area (Å²) in [6, 6.07) is 0. The maximum atomic E-state index is 10.0. The molecular weight excluding hydrogens is 140 g/mol. The number of hydrogen-bond acceptors (Lipinski definition) is 1. The highest BCUT2D eigenvalue weighted by Gasteiger charge is 1.88. The first-order valence-corrected chi connectivity index (χ1v) is 4.14. The van der Waals surface area contributed by atoms with E-state index in [1.165, 1.54) is 19.3 Å². The van der Waals surface area contributed by atoms with Crippen LogP contribution >= 0.6 is 0 Å². The normalized spacial score (nSPS) is 10.6. The third-order valence-electron chi connectivity index (χ3n) is 1.43. The minimum atomic E-state index is -0.753. The van der Waals surface area contributed by atoms with Crippen molar-refractivity contribution in [2.24, 2.45) is 0 Å². The first-order valence-electron chi connectivity index (χ1n) is 4.14. The Balaban J connectivity index is 3.10. The fourth-order valence-corrected chi connectivity index (χ4v) is 0.814. The molecule has 0 spiro atoms. The third-order valence-corrected chi connectivity index (χ3v) is 1.43. The SMILES string of the molecule is CCCCC/C=C\CC(=O)O. The zero-order valence-corrected chi connectivity index (χ0v) is 7.05. The van der Waals surface area contributed by atoms with Gasteiger partial charge in [0.25, 0.3) is 0 Å². The Morgan fingerprint density at radius 2 is 2.09 bits per heavy atom. The van der Waals surface area contributed by atoms with Crippen LogP contribution in [0.25, 0.3) is 0 Å². The van der Waals surface area contributed by atoms with Crippen LogP contribution in [0, 0.1) is 0 Å². The van der Waals surface area contributed by atoms with Crippen molar-refractivity contribution in [3.8, 4) is 0 Å². The number of rotatable bonds is 6. The van der Waals surface area contributed by atoms with Crippen molar-refractivity contribution in [3.05, 3.63) is 12.2 Å². The molecule has 0 saturated heterocycles. The van der Waals surface area contributed by atoms with E-state index in [0.29, 0.717) is 0 Å². The highest BCUT2D eigenvalue weighted by Crippen LogP contribution is 1.99. The lowest BCUT2D eigenvalue weighted by atomic mass is 10.2. The van der Waals surface area contributed by atoms with E-state index in [-0.39, 0.29) is 6.42 Å². The van der Waals surface area contributed by atoms with Gasteiger partial charge < -0.3 is 5.11 Å². The van der Waals surface area contributed by atoms with Gasteiger partial charge in [-0.1, -0.05) is 31.9 Å². The lowest BCUT2D eigenvalue weighted by molar-refractivity contribution is -0.136. The lowest BCUT2D eigenvalue weighted by Gasteiger charge is -1.90. The van der Waals surface area contributed by atoms with Gasteiger partial charge in [-0.3, -0.25) is 4.79 Å². The highest BCUT2D eigenvalue weighted by atomic mass is 16.4. The van der Waals surface area contributed by atoms with Crippen LogP contribution < -0.4 is 0 Å². The summed E-state index contributed by atoms with van der Waals surface area (Å²) in [5, 5.41) is 8.26. The van der Waals surface area contributed by atoms with E-state index in [1.807, 2.05) is 6.08 Å². The van der Waals surface area contributed by atoms with Crippen molar-refractivity contribution in [1.82, 2.24) is 0 Å².